The Morgan fingerprint density at radius 1 is 1.12 bits per heavy atom. The molecule has 0 saturated carbocycles. The van der Waals surface area contributed by atoms with Gasteiger partial charge in [-0.25, -0.2) is 0 Å². The van der Waals surface area contributed by atoms with Crippen LogP contribution in [-0.4, -0.2) is 35.2 Å². The van der Waals surface area contributed by atoms with Gasteiger partial charge in [-0.2, -0.15) is 0 Å². The molecule has 0 aromatic rings. The van der Waals surface area contributed by atoms with Crippen molar-refractivity contribution in [2.24, 2.45) is 0 Å². The van der Waals surface area contributed by atoms with E-state index in [1.54, 1.807) is 0 Å². The highest BCUT2D eigenvalue weighted by atomic mass is 16.5. The van der Waals surface area contributed by atoms with E-state index >= 15 is 0 Å². The Bertz CT molecular complexity index is 241. The average molecular weight is 225 g/mol. The number of likely N-dealkylation sites (tertiary alicyclic amines) is 1. The second-order valence-electron chi connectivity index (χ2n) is 6.51. The van der Waals surface area contributed by atoms with Gasteiger partial charge in [0.2, 0.25) is 0 Å². The Balaban J connectivity index is 2.08. The largest absolute Gasteiger partial charge is 0.375 e. The van der Waals surface area contributed by atoms with Gasteiger partial charge in [0.1, 0.15) is 0 Å². The van der Waals surface area contributed by atoms with Crippen molar-refractivity contribution >= 4 is 0 Å². The van der Waals surface area contributed by atoms with E-state index in [-0.39, 0.29) is 5.60 Å². The van der Waals surface area contributed by atoms with Crippen LogP contribution >= 0.6 is 0 Å². The van der Waals surface area contributed by atoms with E-state index in [4.69, 9.17) is 4.74 Å². The predicted molar refractivity (Wildman–Crippen MR) is 67.7 cm³/mol. The average Bonchev–Trinajstić information content (AvgIpc) is 2.16. The summed E-state index contributed by atoms with van der Waals surface area (Å²) in [6.45, 7) is 11.6. The molecular weight excluding hydrogens is 198 g/mol. The molecule has 0 bridgehead atoms. The third-order valence-electron chi connectivity index (χ3n) is 4.40. The Morgan fingerprint density at radius 3 is 2.38 bits per heavy atom. The number of nitrogens with zero attached hydrogens (tertiary/aromatic N) is 1. The van der Waals surface area contributed by atoms with Crippen LogP contribution in [0.1, 0.15) is 59.8 Å². The van der Waals surface area contributed by atoms with E-state index < -0.39 is 0 Å². The molecule has 94 valence electrons. The van der Waals surface area contributed by atoms with E-state index in [9.17, 15) is 0 Å². The van der Waals surface area contributed by atoms with Crippen molar-refractivity contribution in [3.63, 3.8) is 0 Å². The topological polar surface area (TPSA) is 12.5 Å². The summed E-state index contributed by atoms with van der Waals surface area (Å²) in [5, 5.41) is 0. The second-order valence-corrected chi connectivity index (χ2v) is 6.51. The van der Waals surface area contributed by atoms with Crippen LogP contribution in [0.5, 0.6) is 0 Å². The summed E-state index contributed by atoms with van der Waals surface area (Å²) in [5.74, 6) is 0. The molecule has 2 aliphatic heterocycles. The standard InChI is InChI=1S/C14H27NO/c1-12(2)15-9-8-14(11-13(15,3)4)7-5-6-10-16-14/h12H,5-11H2,1-4H3. The third-order valence-corrected chi connectivity index (χ3v) is 4.40. The molecule has 1 unspecified atom stereocenters. The van der Waals surface area contributed by atoms with Crippen LogP contribution in [0.2, 0.25) is 0 Å². The van der Waals surface area contributed by atoms with Gasteiger partial charge in [0, 0.05) is 24.7 Å². The first-order chi connectivity index (χ1) is 7.45. The molecule has 0 amide bonds. The van der Waals surface area contributed by atoms with Gasteiger partial charge < -0.3 is 4.74 Å². The summed E-state index contributed by atoms with van der Waals surface area (Å²) >= 11 is 0. The fourth-order valence-corrected chi connectivity index (χ4v) is 3.81. The maximum atomic E-state index is 6.14. The molecule has 2 aliphatic rings. The first-order valence-corrected chi connectivity index (χ1v) is 6.86. The van der Waals surface area contributed by atoms with Gasteiger partial charge in [-0.3, -0.25) is 4.90 Å². The molecule has 0 aromatic heterocycles. The lowest BCUT2D eigenvalue weighted by molar-refractivity contribution is -0.146. The highest BCUT2D eigenvalue weighted by molar-refractivity contribution is 5.00. The molecule has 0 aliphatic carbocycles. The minimum atomic E-state index is 0.215. The summed E-state index contributed by atoms with van der Waals surface area (Å²) in [7, 11) is 0. The minimum Gasteiger partial charge on any atom is -0.375 e. The van der Waals surface area contributed by atoms with Crippen molar-refractivity contribution in [2.75, 3.05) is 13.2 Å². The van der Waals surface area contributed by atoms with Gasteiger partial charge >= 0.3 is 0 Å². The number of ether oxygens (including phenoxy) is 1. The van der Waals surface area contributed by atoms with Gasteiger partial charge in [-0.05, 0) is 59.8 Å². The molecule has 2 nitrogen and oxygen atoms in total. The van der Waals surface area contributed by atoms with E-state index in [0.29, 0.717) is 11.6 Å². The second kappa shape index (κ2) is 4.30. The predicted octanol–water partition coefficient (Wildman–Crippen LogP) is 3.21. The molecule has 1 atom stereocenters. The molecular formula is C14H27NO. The van der Waals surface area contributed by atoms with Crippen molar-refractivity contribution in [1.82, 2.24) is 4.90 Å². The van der Waals surface area contributed by atoms with Crippen LogP contribution in [0, 0.1) is 0 Å². The zero-order chi connectivity index (χ0) is 11.8. The number of hydrogen-bond donors (Lipinski definition) is 0. The van der Waals surface area contributed by atoms with Crippen LogP contribution in [-0.2, 0) is 4.74 Å². The highest BCUT2D eigenvalue weighted by Gasteiger charge is 2.45. The molecule has 2 saturated heterocycles. The minimum absolute atomic E-state index is 0.215. The molecule has 0 aromatic carbocycles. The van der Waals surface area contributed by atoms with Gasteiger partial charge in [-0.15, -0.1) is 0 Å². The van der Waals surface area contributed by atoms with Crippen molar-refractivity contribution < 1.29 is 4.74 Å². The molecule has 2 rings (SSSR count). The summed E-state index contributed by atoms with van der Waals surface area (Å²) in [6.07, 6.45) is 6.34. The summed E-state index contributed by atoms with van der Waals surface area (Å²) in [4.78, 5) is 2.64. The fraction of sp³-hybridized carbons (Fsp3) is 1.00. The summed E-state index contributed by atoms with van der Waals surface area (Å²) < 4.78 is 6.14. The van der Waals surface area contributed by atoms with Crippen LogP contribution < -0.4 is 0 Å². The zero-order valence-corrected chi connectivity index (χ0v) is 11.4. The number of piperidine rings is 1. The molecule has 0 N–H and O–H groups in total. The van der Waals surface area contributed by atoms with Gasteiger partial charge in [0.25, 0.3) is 0 Å². The Morgan fingerprint density at radius 2 is 1.88 bits per heavy atom. The van der Waals surface area contributed by atoms with E-state index in [2.05, 4.69) is 32.6 Å². The van der Waals surface area contributed by atoms with Crippen LogP contribution in [0.3, 0.4) is 0 Å². The van der Waals surface area contributed by atoms with Crippen molar-refractivity contribution in [3.8, 4) is 0 Å². The highest BCUT2D eigenvalue weighted by Crippen LogP contribution is 2.42. The molecule has 2 fully saturated rings. The SMILES string of the molecule is CC(C)N1CCC2(CCCCO2)CC1(C)C. The van der Waals surface area contributed by atoms with Crippen LogP contribution in [0.4, 0.5) is 0 Å². The molecule has 2 heterocycles. The fourth-order valence-electron chi connectivity index (χ4n) is 3.81. The van der Waals surface area contributed by atoms with E-state index in [1.165, 1.54) is 38.6 Å². The van der Waals surface area contributed by atoms with Gasteiger partial charge in [0.15, 0.2) is 0 Å². The molecule has 0 radical (unpaired) electrons. The lowest BCUT2D eigenvalue weighted by Crippen LogP contribution is -2.59. The molecule has 16 heavy (non-hydrogen) atoms. The maximum Gasteiger partial charge on any atom is 0.0712 e. The van der Waals surface area contributed by atoms with Gasteiger partial charge in [-0.1, -0.05) is 0 Å². The first-order valence-electron chi connectivity index (χ1n) is 6.86. The molecule has 1 spiro atoms. The third kappa shape index (κ3) is 2.28. The zero-order valence-electron chi connectivity index (χ0n) is 11.4. The van der Waals surface area contributed by atoms with E-state index in [1.807, 2.05) is 0 Å². The maximum absolute atomic E-state index is 6.14. The normalized spacial score (nSPS) is 35.8. The number of hydrogen-bond acceptors (Lipinski definition) is 2. The van der Waals surface area contributed by atoms with Crippen molar-refractivity contribution in [3.05, 3.63) is 0 Å². The van der Waals surface area contributed by atoms with E-state index in [0.717, 1.165) is 6.61 Å². The quantitative estimate of drug-likeness (QED) is 0.679. The van der Waals surface area contributed by atoms with Gasteiger partial charge in [0.05, 0.1) is 5.60 Å². The number of rotatable bonds is 1. The Hall–Kier alpha value is -0.0800. The molecule has 2 heteroatoms. The lowest BCUT2D eigenvalue weighted by atomic mass is 9.75. The smallest absolute Gasteiger partial charge is 0.0712 e. The summed E-state index contributed by atoms with van der Waals surface area (Å²) in [6, 6.07) is 0.649. The Kier molecular flexibility index (Phi) is 3.33. The lowest BCUT2D eigenvalue weighted by Gasteiger charge is -2.54. The first kappa shape index (κ1) is 12.4. The van der Waals surface area contributed by atoms with Crippen molar-refractivity contribution in [2.45, 2.75) is 77.0 Å². The summed E-state index contributed by atoms with van der Waals surface area (Å²) in [5.41, 5.74) is 0.511. The van der Waals surface area contributed by atoms with Crippen LogP contribution in [0.15, 0.2) is 0 Å². The monoisotopic (exact) mass is 225 g/mol. The van der Waals surface area contributed by atoms with Crippen molar-refractivity contribution in [1.29, 1.82) is 0 Å². The Labute approximate surface area is 100 Å². The van der Waals surface area contributed by atoms with Crippen LogP contribution in [0.25, 0.3) is 0 Å².